The van der Waals surface area contributed by atoms with E-state index in [4.69, 9.17) is 34.8 Å². The highest BCUT2D eigenvalue weighted by atomic mass is 35.5. The molecular weight excluding hydrogens is 412 g/mol. The number of nitrogens with two attached hydrogens (primary N) is 2. The molecule has 4 N–H and O–H groups in total. The van der Waals surface area contributed by atoms with E-state index in [0.717, 1.165) is 5.56 Å². The molecule has 0 aliphatic heterocycles. The minimum absolute atomic E-state index is 0.175. The van der Waals surface area contributed by atoms with E-state index >= 15 is 0 Å². The smallest absolute Gasteiger partial charge is 0.170 e. The number of benzene rings is 2. The van der Waals surface area contributed by atoms with Crippen LogP contribution in [0.15, 0.2) is 42.5 Å². The molecule has 0 fully saturated rings. The molecule has 0 saturated heterocycles. The fraction of sp³-hybridized carbons (Fsp3) is 0.238. The first-order chi connectivity index (χ1) is 13.6. The lowest BCUT2D eigenvalue weighted by atomic mass is 9.95. The molecule has 3 rings (SSSR count). The first-order valence-electron chi connectivity index (χ1n) is 8.97. The van der Waals surface area contributed by atoms with Gasteiger partial charge in [0.05, 0.1) is 6.54 Å². The zero-order chi connectivity index (χ0) is 21.3. The predicted octanol–water partition coefficient (Wildman–Crippen LogP) is 5.35. The molecule has 0 saturated carbocycles. The third-order valence-electron chi connectivity index (χ3n) is 4.35. The fourth-order valence-corrected chi connectivity index (χ4v) is 3.14. The molecule has 0 amide bonds. The fourth-order valence-electron chi connectivity index (χ4n) is 2.78. The maximum Gasteiger partial charge on any atom is 0.170 e. The molecule has 2 aromatic carbocycles. The van der Waals surface area contributed by atoms with E-state index in [1.807, 2.05) is 39.0 Å². The van der Waals surface area contributed by atoms with E-state index in [0.29, 0.717) is 16.7 Å². The van der Waals surface area contributed by atoms with Gasteiger partial charge >= 0.3 is 0 Å². The van der Waals surface area contributed by atoms with Crippen molar-refractivity contribution in [2.75, 3.05) is 10.7 Å². The summed E-state index contributed by atoms with van der Waals surface area (Å²) in [4.78, 5) is 9.12. The number of anilines is 2. The van der Waals surface area contributed by atoms with Crippen molar-refractivity contribution in [3.05, 3.63) is 69.7 Å². The minimum atomic E-state index is -0.525. The molecule has 0 unspecified atom stereocenters. The van der Waals surface area contributed by atoms with E-state index < -0.39 is 11.2 Å². The van der Waals surface area contributed by atoms with Gasteiger partial charge in [-0.1, -0.05) is 62.2 Å². The average molecular weight is 434 g/mol. The van der Waals surface area contributed by atoms with Crippen LogP contribution in [-0.2, 0) is 12.0 Å². The van der Waals surface area contributed by atoms with Crippen LogP contribution in [0.1, 0.15) is 32.2 Å². The summed E-state index contributed by atoms with van der Waals surface area (Å²) in [6.45, 7) is 6.14. The second-order valence-electron chi connectivity index (χ2n) is 7.73. The quantitative estimate of drug-likeness (QED) is 0.428. The van der Waals surface area contributed by atoms with Gasteiger partial charge in [-0.15, -0.1) is 0 Å². The maximum absolute atomic E-state index is 14.6. The van der Waals surface area contributed by atoms with Gasteiger partial charge in [0.2, 0.25) is 0 Å². The van der Waals surface area contributed by atoms with Gasteiger partial charge in [0, 0.05) is 21.0 Å². The van der Waals surface area contributed by atoms with Crippen LogP contribution in [0.5, 0.6) is 0 Å². The average Bonchev–Trinajstić information content (AvgIpc) is 2.63. The topological polar surface area (TPSA) is 81.1 Å². The Morgan fingerprint density at radius 2 is 1.76 bits per heavy atom. The van der Waals surface area contributed by atoms with Crippen molar-refractivity contribution >= 4 is 34.7 Å². The SMILES string of the molecule is CC(C)(C)c1nc(-c2ccc(Cl)cc2F)c(N)c(N(N)Cc2ccccc2Cl)n1. The summed E-state index contributed by atoms with van der Waals surface area (Å²) in [7, 11) is 0. The zero-order valence-electron chi connectivity index (χ0n) is 16.4. The number of hydrazine groups is 1. The Balaban J connectivity index is 2.15. The summed E-state index contributed by atoms with van der Waals surface area (Å²) in [6, 6.07) is 11.7. The van der Waals surface area contributed by atoms with Crippen molar-refractivity contribution in [3.8, 4) is 11.3 Å². The summed E-state index contributed by atoms with van der Waals surface area (Å²) < 4.78 is 14.6. The first-order valence-corrected chi connectivity index (χ1v) is 9.72. The molecule has 5 nitrogen and oxygen atoms in total. The predicted molar refractivity (Wildman–Crippen MR) is 117 cm³/mol. The Hall–Kier alpha value is -2.41. The van der Waals surface area contributed by atoms with Crippen molar-refractivity contribution in [1.29, 1.82) is 0 Å². The number of nitrogen functional groups attached to an aromatic ring is 1. The third kappa shape index (κ3) is 4.61. The Kier molecular flexibility index (Phi) is 5.98. The van der Waals surface area contributed by atoms with Gasteiger partial charge < -0.3 is 5.73 Å². The third-order valence-corrected chi connectivity index (χ3v) is 4.96. The van der Waals surface area contributed by atoms with Crippen molar-refractivity contribution < 1.29 is 4.39 Å². The van der Waals surface area contributed by atoms with Crippen molar-refractivity contribution in [2.45, 2.75) is 32.7 Å². The summed E-state index contributed by atoms with van der Waals surface area (Å²) in [5, 5.41) is 2.26. The molecule has 0 bridgehead atoms. The molecule has 3 aromatic rings. The maximum atomic E-state index is 14.6. The monoisotopic (exact) mass is 433 g/mol. The van der Waals surface area contributed by atoms with E-state index in [9.17, 15) is 4.39 Å². The number of nitrogens with zero attached hydrogens (tertiary/aromatic N) is 3. The molecule has 0 aliphatic carbocycles. The van der Waals surface area contributed by atoms with Crippen LogP contribution in [0, 0.1) is 5.82 Å². The summed E-state index contributed by atoms with van der Waals surface area (Å²) in [6.07, 6.45) is 0. The Bertz CT molecular complexity index is 1050. The largest absolute Gasteiger partial charge is 0.394 e. The zero-order valence-corrected chi connectivity index (χ0v) is 17.9. The Morgan fingerprint density at radius 3 is 2.38 bits per heavy atom. The van der Waals surface area contributed by atoms with Crippen molar-refractivity contribution in [1.82, 2.24) is 9.97 Å². The highest BCUT2D eigenvalue weighted by Gasteiger charge is 2.25. The van der Waals surface area contributed by atoms with Gasteiger partial charge in [-0.2, -0.15) is 0 Å². The highest BCUT2D eigenvalue weighted by Crippen LogP contribution is 2.35. The van der Waals surface area contributed by atoms with E-state index in [1.165, 1.54) is 11.1 Å². The number of aromatic nitrogens is 2. The van der Waals surface area contributed by atoms with Gasteiger partial charge in [-0.25, -0.2) is 20.2 Å². The van der Waals surface area contributed by atoms with Crippen molar-refractivity contribution in [3.63, 3.8) is 0 Å². The molecular formula is C21H22Cl2FN5. The van der Waals surface area contributed by atoms with Crippen LogP contribution >= 0.6 is 23.2 Å². The van der Waals surface area contributed by atoms with Crippen LogP contribution in [-0.4, -0.2) is 9.97 Å². The van der Waals surface area contributed by atoms with E-state index in [1.54, 1.807) is 18.2 Å². The summed E-state index contributed by atoms with van der Waals surface area (Å²) in [5.74, 6) is 6.57. The van der Waals surface area contributed by atoms with E-state index in [2.05, 4.69) is 9.97 Å². The summed E-state index contributed by atoms with van der Waals surface area (Å²) >= 11 is 12.1. The van der Waals surface area contributed by atoms with Crippen LogP contribution in [0.25, 0.3) is 11.3 Å². The van der Waals surface area contributed by atoms with Gasteiger partial charge in [0.1, 0.15) is 23.0 Å². The Morgan fingerprint density at radius 1 is 1.07 bits per heavy atom. The van der Waals surface area contributed by atoms with Gasteiger partial charge in [-0.05, 0) is 29.8 Å². The normalized spacial score (nSPS) is 11.6. The second kappa shape index (κ2) is 8.14. The minimum Gasteiger partial charge on any atom is -0.394 e. The lowest BCUT2D eigenvalue weighted by molar-refractivity contribution is 0.544. The Labute approximate surface area is 179 Å². The standard InChI is InChI=1S/C21H22Cl2FN5/c1-21(2,3)20-27-18(14-9-8-13(22)10-16(14)24)17(25)19(28-20)29(26)11-12-6-4-5-7-15(12)23/h4-10H,11,25-26H2,1-3H3. The lowest BCUT2D eigenvalue weighted by Crippen LogP contribution is -2.33. The van der Waals surface area contributed by atoms with Gasteiger partial charge in [0.15, 0.2) is 5.82 Å². The van der Waals surface area contributed by atoms with Crippen LogP contribution < -0.4 is 16.6 Å². The van der Waals surface area contributed by atoms with Crippen LogP contribution in [0.4, 0.5) is 15.9 Å². The van der Waals surface area contributed by atoms with Gasteiger partial charge in [-0.3, -0.25) is 5.01 Å². The number of rotatable bonds is 4. The van der Waals surface area contributed by atoms with Crippen molar-refractivity contribution in [2.24, 2.45) is 5.84 Å². The molecule has 0 aliphatic rings. The van der Waals surface area contributed by atoms with Crippen LogP contribution in [0.3, 0.4) is 0 Å². The van der Waals surface area contributed by atoms with E-state index in [-0.39, 0.29) is 28.5 Å². The van der Waals surface area contributed by atoms with Gasteiger partial charge in [0.25, 0.3) is 0 Å². The highest BCUT2D eigenvalue weighted by molar-refractivity contribution is 6.31. The number of hydrogen-bond donors (Lipinski definition) is 2. The molecule has 152 valence electrons. The molecule has 29 heavy (non-hydrogen) atoms. The second-order valence-corrected chi connectivity index (χ2v) is 8.57. The molecule has 0 radical (unpaired) electrons. The van der Waals surface area contributed by atoms with Crippen LogP contribution in [0.2, 0.25) is 10.0 Å². The molecule has 0 atom stereocenters. The number of hydrogen-bond acceptors (Lipinski definition) is 5. The first kappa shape index (κ1) is 21.3. The molecule has 1 aromatic heterocycles. The number of halogens is 3. The summed E-state index contributed by atoms with van der Waals surface area (Å²) in [5.41, 5.74) is 7.42. The molecule has 0 spiro atoms. The molecule has 1 heterocycles. The lowest BCUT2D eigenvalue weighted by Gasteiger charge is -2.25. The molecule has 8 heteroatoms.